The number of carbonyl (C=O) groups is 3. The van der Waals surface area contributed by atoms with Crippen molar-refractivity contribution in [2.24, 2.45) is 0 Å². The van der Waals surface area contributed by atoms with Gasteiger partial charge in [-0.2, -0.15) is 0 Å². The second-order valence-electron chi connectivity index (χ2n) is 10.4. The van der Waals surface area contributed by atoms with Crippen LogP contribution in [0.1, 0.15) is 16.1 Å². The van der Waals surface area contributed by atoms with Crippen molar-refractivity contribution in [1.82, 2.24) is 10.3 Å². The smallest absolute Gasteiger partial charge is 0.272 e. The summed E-state index contributed by atoms with van der Waals surface area (Å²) in [5.41, 5.74) is 2.38. The molecule has 0 atom stereocenters. The number of rotatable bonds is 12. The zero-order valence-corrected chi connectivity index (χ0v) is 28.0. The Morgan fingerprint density at radius 1 is 0.857 bits per heavy atom. The summed E-state index contributed by atoms with van der Waals surface area (Å²) >= 11 is 2.74. The molecule has 0 saturated heterocycles. The normalized spacial score (nSPS) is 11.2. The molecule has 3 N–H and O–H groups in total. The minimum absolute atomic E-state index is 0.0156. The van der Waals surface area contributed by atoms with Gasteiger partial charge in [0.05, 0.1) is 35.8 Å². The van der Waals surface area contributed by atoms with Crippen LogP contribution in [0, 0.1) is 0 Å². The van der Waals surface area contributed by atoms with Gasteiger partial charge in [-0.1, -0.05) is 41.7 Å². The molecule has 10 nitrogen and oxygen atoms in total. The average molecular weight is 691 g/mol. The highest BCUT2D eigenvalue weighted by Crippen LogP contribution is 2.32. The van der Waals surface area contributed by atoms with Crippen molar-refractivity contribution < 1.29 is 28.3 Å². The van der Waals surface area contributed by atoms with Crippen LogP contribution in [0.25, 0.3) is 27.6 Å². The van der Waals surface area contributed by atoms with Crippen molar-refractivity contribution in [2.45, 2.75) is 4.90 Å². The van der Waals surface area contributed by atoms with E-state index in [2.05, 4.69) is 20.9 Å². The van der Waals surface area contributed by atoms with Crippen LogP contribution in [0.3, 0.4) is 0 Å². The average Bonchev–Trinajstić information content (AvgIpc) is 3.77. The predicted octanol–water partition coefficient (Wildman–Crippen LogP) is 7.71. The topological polar surface area (TPSA) is 132 Å². The van der Waals surface area contributed by atoms with Crippen LogP contribution in [0.15, 0.2) is 124 Å². The molecule has 49 heavy (non-hydrogen) atoms. The molecule has 0 aliphatic heterocycles. The number of carbonyl (C=O) groups excluding carboxylic acids is 3. The Hall–Kier alpha value is -5.85. The van der Waals surface area contributed by atoms with Crippen LogP contribution in [0.2, 0.25) is 0 Å². The van der Waals surface area contributed by atoms with Gasteiger partial charge in [-0.25, -0.2) is 4.98 Å². The lowest BCUT2D eigenvalue weighted by molar-refractivity contribution is -0.114. The molecule has 0 bridgehead atoms. The molecule has 0 fully saturated rings. The van der Waals surface area contributed by atoms with Crippen LogP contribution in [0.4, 0.5) is 10.8 Å². The van der Waals surface area contributed by atoms with Crippen molar-refractivity contribution in [3.8, 4) is 22.8 Å². The van der Waals surface area contributed by atoms with E-state index in [9.17, 15) is 14.4 Å². The fourth-order valence-corrected chi connectivity index (χ4v) is 6.29. The van der Waals surface area contributed by atoms with E-state index in [1.54, 1.807) is 80.9 Å². The summed E-state index contributed by atoms with van der Waals surface area (Å²) in [7, 11) is 3.17. The van der Waals surface area contributed by atoms with Gasteiger partial charge in [0.2, 0.25) is 5.91 Å². The van der Waals surface area contributed by atoms with Gasteiger partial charge in [-0.3, -0.25) is 14.4 Å². The van der Waals surface area contributed by atoms with Crippen molar-refractivity contribution in [1.29, 1.82) is 0 Å². The summed E-state index contributed by atoms with van der Waals surface area (Å²) in [5, 5.41) is 8.91. The summed E-state index contributed by atoms with van der Waals surface area (Å²) < 4.78 is 17.7. The fourth-order valence-electron chi connectivity index (χ4n) is 4.73. The summed E-state index contributed by atoms with van der Waals surface area (Å²) in [6.07, 6.45) is 1.47. The minimum Gasteiger partial charge on any atom is -0.497 e. The molecule has 0 unspecified atom stereocenters. The van der Waals surface area contributed by atoms with E-state index in [0.717, 1.165) is 20.7 Å². The van der Waals surface area contributed by atoms with Crippen molar-refractivity contribution in [3.63, 3.8) is 0 Å². The molecule has 0 saturated carbocycles. The summed E-state index contributed by atoms with van der Waals surface area (Å²) in [5.74, 6) is 1.22. The van der Waals surface area contributed by atoms with Gasteiger partial charge in [0.1, 0.15) is 28.7 Å². The van der Waals surface area contributed by atoms with Gasteiger partial charge < -0.3 is 29.8 Å². The van der Waals surface area contributed by atoms with Gasteiger partial charge in [-0.15, -0.1) is 11.8 Å². The highest BCUT2D eigenvalue weighted by Gasteiger charge is 2.17. The lowest BCUT2D eigenvalue weighted by atomic mass is 10.1. The number of hydrogen-bond acceptors (Lipinski definition) is 9. The number of thioether (sulfide) groups is 1. The number of furan rings is 1. The maximum absolute atomic E-state index is 13.5. The first-order valence-electron chi connectivity index (χ1n) is 15.0. The molecule has 6 aromatic rings. The van der Waals surface area contributed by atoms with Gasteiger partial charge >= 0.3 is 0 Å². The quantitative estimate of drug-likeness (QED) is 0.0879. The molecular formula is C37H30N4O6S2. The van der Waals surface area contributed by atoms with E-state index in [1.165, 1.54) is 29.2 Å². The molecule has 0 aliphatic carbocycles. The first-order valence-corrected chi connectivity index (χ1v) is 16.8. The number of anilines is 2. The van der Waals surface area contributed by atoms with Crippen LogP contribution in [0.5, 0.6) is 11.5 Å². The second-order valence-corrected chi connectivity index (χ2v) is 12.5. The zero-order chi connectivity index (χ0) is 34.2. The molecule has 2 heterocycles. The largest absolute Gasteiger partial charge is 0.497 e. The Morgan fingerprint density at radius 2 is 1.63 bits per heavy atom. The molecule has 0 aliphatic rings. The van der Waals surface area contributed by atoms with Gasteiger partial charge in [0.15, 0.2) is 5.13 Å². The number of para-hydroxylation sites is 1. The Bertz CT molecular complexity index is 2140. The highest BCUT2D eigenvalue weighted by atomic mass is 32.2. The number of methoxy groups -OCH3 is 2. The third kappa shape index (κ3) is 8.36. The lowest BCUT2D eigenvalue weighted by Crippen LogP contribution is -2.30. The maximum atomic E-state index is 13.5. The molecule has 12 heteroatoms. The maximum Gasteiger partial charge on any atom is 0.272 e. The fraction of sp³-hybridized carbons (Fsp3) is 0.0811. The van der Waals surface area contributed by atoms with E-state index in [4.69, 9.17) is 13.9 Å². The summed E-state index contributed by atoms with van der Waals surface area (Å²) in [6, 6.07) is 32.1. The van der Waals surface area contributed by atoms with Crippen LogP contribution < -0.4 is 25.4 Å². The van der Waals surface area contributed by atoms with E-state index >= 15 is 0 Å². The molecule has 3 amide bonds. The number of amides is 3. The monoisotopic (exact) mass is 690 g/mol. The number of aromatic nitrogens is 1. The number of fused-ring (bicyclic) bond motifs is 1. The predicted molar refractivity (Wildman–Crippen MR) is 193 cm³/mol. The standard InChI is InChI=1S/C37H30N4O6S2/c1-45-25-15-19-33-29(20-25)40-37(49-33)41-34(42)22-48-27-16-12-24(13-17-27)38-36(44)30(39-35(43)23-8-4-3-5-9-23)21-26-14-18-32(47-26)28-10-6-7-11-31(28)46-2/h3-21H,22H2,1-2H3,(H,38,44)(H,39,43)(H,40,41,42)/b30-21-. The van der Waals surface area contributed by atoms with E-state index in [-0.39, 0.29) is 17.4 Å². The summed E-state index contributed by atoms with van der Waals surface area (Å²) in [6.45, 7) is 0. The van der Waals surface area contributed by atoms with Crippen LogP contribution in [-0.2, 0) is 9.59 Å². The third-order valence-corrected chi connectivity index (χ3v) is 9.10. The van der Waals surface area contributed by atoms with Crippen LogP contribution in [-0.4, -0.2) is 42.7 Å². The van der Waals surface area contributed by atoms with Gasteiger partial charge in [-0.05, 0) is 72.8 Å². The molecule has 0 spiro atoms. The van der Waals surface area contributed by atoms with Crippen molar-refractivity contribution in [2.75, 3.05) is 30.6 Å². The Kier molecular flexibility index (Phi) is 10.4. The molecule has 6 rings (SSSR count). The van der Waals surface area contributed by atoms with Crippen LogP contribution >= 0.6 is 23.1 Å². The van der Waals surface area contributed by atoms with Gasteiger partial charge in [0, 0.05) is 28.3 Å². The Labute approximate surface area is 290 Å². The molecule has 246 valence electrons. The number of benzene rings is 4. The number of nitrogens with one attached hydrogen (secondary N) is 3. The van der Waals surface area contributed by atoms with E-state index in [0.29, 0.717) is 39.4 Å². The van der Waals surface area contributed by atoms with E-state index < -0.39 is 11.8 Å². The zero-order valence-electron chi connectivity index (χ0n) is 26.4. The minimum atomic E-state index is -0.548. The third-order valence-electron chi connectivity index (χ3n) is 7.14. The molecule has 2 aromatic heterocycles. The number of ether oxygens (including phenoxy) is 2. The summed E-state index contributed by atoms with van der Waals surface area (Å²) in [4.78, 5) is 44.5. The Balaban J connectivity index is 1.12. The molecule has 4 aromatic carbocycles. The second kappa shape index (κ2) is 15.4. The first kappa shape index (κ1) is 33.1. The lowest BCUT2D eigenvalue weighted by Gasteiger charge is -2.11. The molecular weight excluding hydrogens is 661 g/mol. The van der Waals surface area contributed by atoms with E-state index in [1.807, 2.05) is 42.5 Å². The SMILES string of the molecule is COc1ccc2sc(NC(=O)CSc3ccc(NC(=O)/C(=C/c4ccc(-c5ccccc5OC)o4)NC(=O)c4ccccc4)cc3)nc2c1. The van der Waals surface area contributed by atoms with Crippen molar-refractivity contribution >= 4 is 67.9 Å². The Morgan fingerprint density at radius 3 is 2.41 bits per heavy atom. The number of hydrogen-bond donors (Lipinski definition) is 3. The highest BCUT2D eigenvalue weighted by molar-refractivity contribution is 8.00. The first-order chi connectivity index (χ1) is 23.9. The number of nitrogens with zero attached hydrogens (tertiary/aromatic N) is 1. The number of thiazole rings is 1. The van der Waals surface area contributed by atoms with Gasteiger partial charge in [0.25, 0.3) is 11.8 Å². The van der Waals surface area contributed by atoms with Crippen molar-refractivity contribution in [3.05, 3.63) is 126 Å². The molecule has 0 radical (unpaired) electrons.